The Labute approximate surface area is 115 Å². The highest BCUT2D eigenvalue weighted by molar-refractivity contribution is 7.99. The Kier molecular flexibility index (Phi) is 3.39. The number of thioether (sulfide) groups is 1. The van der Waals surface area contributed by atoms with E-state index in [0.717, 1.165) is 17.1 Å². The number of benzene rings is 1. The van der Waals surface area contributed by atoms with Crippen molar-refractivity contribution in [2.75, 3.05) is 5.75 Å². The van der Waals surface area contributed by atoms with Crippen LogP contribution in [-0.2, 0) is 5.88 Å². The molecule has 1 aliphatic heterocycles. The van der Waals surface area contributed by atoms with Gasteiger partial charge in [0.1, 0.15) is 5.75 Å². The summed E-state index contributed by atoms with van der Waals surface area (Å²) in [6.07, 6.45) is 3.42. The molecule has 0 bridgehead atoms. The van der Waals surface area contributed by atoms with Crippen molar-refractivity contribution in [3.63, 3.8) is 0 Å². The van der Waals surface area contributed by atoms with Gasteiger partial charge in [-0.15, -0.1) is 23.4 Å². The molecule has 3 rings (SSSR count). The van der Waals surface area contributed by atoms with E-state index in [9.17, 15) is 0 Å². The highest BCUT2D eigenvalue weighted by atomic mass is 35.5. The van der Waals surface area contributed by atoms with Crippen LogP contribution in [0.4, 0.5) is 0 Å². The van der Waals surface area contributed by atoms with Gasteiger partial charge in [-0.2, -0.15) is 0 Å². The summed E-state index contributed by atoms with van der Waals surface area (Å²) < 4.78 is 5.91. The Morgan fingerprint density at radius 3 is 2.83 bits per heavy atom. The Balaban J connectivity index is 1.82. The lowest BCUT2D eigenvalue weighted by Gasteiger charge is -2.24. The van der Waals surface area contributed by atoms with Gasteiger partial charge in [0.15, 0.2) is 11.9 Å². The van der Waals surface area contributed by atoms with E-state index in [1.165, 1.54) is 4.90 Å². The Morgan fingerprint density at radius 2 is 2.06 bits per heavy atom. The molecule has 5 heteroatoms. The predicted molar refractivity (Wildman–Crippen MR) is 72.1 cm³/mol. The van der Waals surface area contributed by atoms with Gasteiger partial charge in [0.25, 0.3) is 0 Å². The maximum Gasteiger partial charge on any atom is 0.170 e. The second-order valence-corrected chi connectivity index (χ2v) is 5.28. The third-order valence-corrected chi connectivity index (χ3v) is 4.10. The third kappa shape index (κ3) is 2.31. The lowest BCUT2D eigenvalue weighted by Crippen LogP contribution is -2.17. The molecule has 0 amide bonds. The molecule has 3 nitrogen and oxygen atoms in total. The van der Waals surface area contributed by atoms with Crippen LogP contribution in [0.25, 0.3) is 0 Å². The Bertz CT molecular complexity index is 547. The number of nitrogens with zero attached hydrogens (tertiary/aromatic N) is 2. The van der Waals surface area contributed by atoms with Crippen molar-refractivity contribution >= 4 is 23.4 Å². The molecule has 1 unspecified atom stereocenters. The molecule has 1 aromatic carbocycles. The van der Waals surface area contributed by atoms with E-state index in [1.807, 2.05) is 18.2 Å². The molecular weight excluding hydrogens is 268 g/mol. The van der Waals surface area contributed by atoms with Gasteiger partial charge in [-0.1, -0.05) is 12.1 Å². The lowest BCUT2D eigenvalue weighted by atomic mass is 10.3. The zero-order valence-corrected chi connectivity index (χ0v) is 11.1. The molecule has 2 aromatic rings. The van der Waals surface area contributed by atoms with Crippen LogP contribution < -0.4 is 4.74 Å². The fraction of sp³-hybridized carbons (Fsp3) is 0.231. The molecule has 0 saturated carbocycles. The van der Waals surface area contributed by atoms with E-state index >= 15 is 0 Å². The maximum atomic E-state index is 5.91. The monoisotopic (exact) mass is 278 g/mol. The summed E-state index contributed by atoms with van der Waals surface area (Å²) in [6, 6.07) is 8.02. The van der Waals surface area contributed by atoms with Crippen LogP contribution in [0.1, 0.15) is 17.5 Å². The summed E-state index contributed by atoms with van der Waals surface area (Å²) in [5, 5.41) is 0. The summed E-state index contributed by atoms with van der Waals surface area (Å²) in [7, 11) is 0. The van der Waals surface area contributed by atoms with Gasteiger partial charge >= 0.3 is 0 Å². The second-order valence-electron chi connectivity index (χ2n) is 3.95. The van der Waals surface area contributed by atoms with Gasteiger partial charge in [-0.3, -0.25) is 0 Å². The fourth-order valence-corrected chi connectivity index (χ4v) is 2.87. The Morgan fingerprint density at radius 1 is 1.28 bits per heavy atom. The summed E-state index contributed by atoms with van der Waals surface area (Å²) in [4.78, 5) is 9.80. The van der Waals surface area contributed by atoms with Crippen molar-refractivity contribution < 1.29 is 4.74 Å². The summed E-state index contributed by atoms with van der Waals surface area (Å²) in [5.41, 5.74) is 0.921. The first-order chi connectivity index (χ1) is 8.86. The van der Waals surface area contributed by atoms with Crippen molar-refractivity contribution in [3.8, 4) is 5.75 Å². The molecule has 18 heavy (non-hydrogen) atoms. The number of fused-ring (bicyclic) bond motifs is 1. The zero-order chi connectivity index (χ0) is 12.4. The van der Waals surface area contributed by atoms with E-state index in [1.54, 1.807) is 24.2 Å². The topological polar surface area (TPSA) is 35.0 Å². The van der Waals surface area contributed by atoms with Crippen LogP contribution in [-0.4, -0.2) is 15.7 Å². The molecule has 92 valence electrons. The lowest BCUT2D eigenvalue weighted by molar-refractivity contribution is 0.210. The summed E-state index contributed by atoms with van der Waals surface area (Å²) in [6.45, 7) is 0. The number of alkyl halides is 1. The van der Waals surface area contributed by atoms with Gasteiger partial charge in [0, 0.05) is 28.6 Å². The van der Waals surface area contributed by atoms with Crippen LogP contribution in [0.5, 0.6) is 5.75 Å². The largest absolute Gasteiger partial charge is 0.480 e. The average Bonchev–Trinajstić information content (AvgIpc) is 2.47. The van der Waals surface area contributed by atoms with Gasteiger partial charge < -0.3 is 4.74 Å². The molecule has 0 saturated heterocycles. The first-order valence-corrected chi connectivity index (χ1v) is 7.14. The van der Waals surface area contributed by atoms with Crippen LogP contribution >= 0.6 is 23.4 Å². The molecule has 0 N–H and O–H groups in total. The molecule has 0 aliphatic carbocycles. The molecular formula is C13H11ClN2OS. The van der Waals surface area contributed by atoms with E-state index < -0.39 is 0 Å². The van der Waals surface area contributed by atoms with Crippen molar-refractivity contribution in [2.24, 2.45) is 0 Å². The molecule has 0 fully saturated rings. The second kappa shape index (κ2) is 5.16. The van der Waals surface area contributed by atoms with Gasteiger partial charge in [-0.05, 0) is 12.1 Å². The number of para-hydroxylation sites is 1. The highest BCUT2D eigenvalue weighted by Gasteiger charge is 2.23. The number of aromatic nitrogens is 2. The van der Waals surface area contributed by atoms with E-state index in [-0.39, 0.29) is 6.10 Å². The SMILES string of the molecule is ClCc1cnc(C2CSc3ccccc3O2)nc1. The molecule has 1 aromatic heterocycles. The van der Waals surface area contributed by atoms with Crippen molar-refractivity contribution in [3.05, 3.63) is 48.0 Å². The minimum Gasteiger partial charge on any atom is -0.480 e. The molecule has 1 aliphatic rings. The molecule has 0 spiro atoms. The fourth-order valence-electron chi connectivity index (χ4n) is 1.75. The smallest absolute Gasteiger partial charge is 0.170 e. The molecule has 1 atom stereocenters. The van der Waals surface area contributed by atoms with Crippen LogP contribution in [0.15, 0.2) is 41.6 Å². The van der Waals surface area contributed by atoms with Crippen LogP contribution in [0.2, 0.25) is 0 Å². The maximum absolute atomic E-state index is 5.91. The first kappa shape index (κ1) is 11.8. The van der Waals surface area contributed by atoms with Gasteiger partial charge in [0.2, 0.25) is 0 Å². The Hall–Kier alpha value is -1.26. The minimum absolute atomic E-state index is 0.0886. The van der Waals surface area contributed by atoms with Gasteiger partial charge in [-0.25, -0.2) is 9.97 Å². The summed E-state index contributed by atoms with van der Waals surface area (Å²) >= 11 is 7.49. The number of hydrogen-bond acceptors (Lipinski definition) is 4. The zero-order valence-electron chi connectivity index (χ0n) is 9.54. The first-order valence-electron chi connectivity index (χ1n) is 5.62. The highest BCUT2D eigenvalue weighted by Crippen LogP contribution is 2.39. The quantitative estimate of drug-likeness (QED) is 0.788. The summed E-state index contributed by atoms with van der Waals surface area (Å²) in [5.74, 6) is 2.88. The minimum atomic E-state index is -0.0886. The number of ether oxygens (including phenoxy) is 1. The van der Waals surface area contributed by atoms with Crippen LogP contribution in [0.3, 0.4) is 0 Å². The average molecular weight is 279 g/mol. The van der Waals surface area contributed by atoms with Crippen molar-refractivity contribution in [1.29, 1.82) is 0 Å². The van der Waals surface area contributed by atoms with E-state index in [4.69, 9.17) is 16.3 Å². The van der Waals surface area contributed by atoms with Crippen molar-refractivity contribution in [1.82, 2.24) is 9.97 Å². The van der Waals surface area contributed by atoms with Crippen LogP contribution in [0, 0.1) is 0 Å². The van der Waals surface area contributed by atoms with Crippen molar-refractivity contribution in [2.45, 2.75) is 16.9 Å². The van der Waals surface area contributed by atoms with Gasteiger partial charge in [0.05, 0.1) is 5.88 Å². The predicted octanol–water partition coefficient (Wildman–Crippen LogP) is 3.44. The van der Waals surface area contributed by atoms with E-state index in [0.29, 0.717) is 11.7 Å². The number of halogens is 1. The number of hydrogen-bond donors (Lipinski definition) is 0. The molecule has 0 radical (unpaired) electrons. The molecule has 2 heterocycles. The standard InChI is InChI=1S/C13H11ClN2OS/c14-5-9-6-15-13(16-7-9)11-8-18-12-4-2-1-3-10(12)17-11/h1-4,6-7,11H,5,8H2. The van der Waals surface area contributed by atoms with E-state index in [2.05, 4.69) is 16.0 Å². The third-order valence-electron chi connectivity index (χ3n) is 2.68. The normalized spacial score (nSPS) is 17.9. The number of rotatable bonds is 2.